The molecule has 0 aliphatic rings. The van der Waals surface area contributed by atoms with Crippen LogP contribution in [0.15, 0.2) is 48.5 Å². The van der Waals surface area contributed by atoms with Gasteiger partial charge in [0.1, 0.15) is 6.04 Å². The fraction of sp³-hybridized carbons (Fsp3) is 0.350. The molecule has 0 aromatic heterocycles. The van der Waals surface area contributed by atoms with Crippen molar-refractivity contribution in [2.45, 2.75) is 39.0 Å². The molecule has 0 radical (unpaired) electrons. The lowest BCUT2D eigenvalue weighted by molar-refractivity contribution is -0.137. The molecule has 0 aliphatic carbocycles. The molecule has 0 fully saturated rings. The first-order chi connectivity index (χ1) is 13.4. The Morgan fingerprint density at radius 3 is 2.28 bits per heavy atom. The summed E-state index contributed by atoms with van der Waals surface area (Å²) in [6.07, 6.45) is -3.28. The second kappa shape index (κ2) is 8.86. The Bertz CT molecular complexity index is 958. The Kier molecular flexibility index (Phi) is 6.94. The minimum atomic E-state index is -4.48. The maximum Gasteiger partial charge on any atom is 0.416 e. The minimum Gasteiger partial charge on any atom is -0.350 e. The Balaban J connectivity index is 2.23. The maximum atomic E-state index is 12.8. The minimum absolute atomic E-state index is 0.148. The molecule has 1 atom stereocenters. The molecule has 1 unspecified atom stereocenters. The predicted octanol–water partition coefficient (Wildman–Crippen LogP) is 3.87. The summed E-state index contributed by atoms with van der Waals surface area (Å²) in [6.45, 7) is 3.37. The first kappa shape index (κ1) is 22.7. The Labute approximate surface area is 168 Å². The van der Waals surface area contributed by atoms with Gasteiger partial charge in [-0.05, 0) is 43.2 Å². The molecule has 0 aliphatic heterocycles. The van der Waals surface area contributed by atoms with Gasteiger partial charge in [0.15, 0.2) is 0 Å². The first-order valence-electron chi connectivity index (χ1n) is 8.93. The van der Waals surface area contributed by atoms with Crippen molar-refractivity contribution in [1.29, 1.82) is 0 Å². The van der Waals surface area contributed by atoms with E-state index in [1.54, 1.807) is 31.2 Å². The first-order valence-corrected chi connectivity index (χ1v) is 10.8. The number of nitrogens with one attached hydrogen (secondary N) is 1. The molecule has 0 bridgehead atoms. The number of hydrogen-bond acceptors (Lipinski definition) is 3. The van der Waals surface area contributed by atoms with Gasteiger partial charge in [0.25, 0.3) is 0 Å². The summed E-state index contributed by atoms with van der Waals surface area (Å²) in [7, 11) is -3.77. The van der Waals surface area contributed by atoms with Gasteiger partial charge >= 0.3 is 6.18 Å². The molecule has 2 aromatic carbocycles. The zero-order valence-corrected chi connectivity index (χ0v) is 17.1. The fourth-order valence-electron chi connectivity index (χ4n) is 2.92. The van der Waals surface area contributed by atoms with Gasteiger partial charge in [0.05, 0.1) is 17.5 Å². The van der Waals surface area contributed by atoms with Gasteiger partial charge in [-0.1, -0.05) is 36.8 Å². The summed E-state index contributed by atoms with van der Waals surface area (Å²) < 4.78 is 64.3. The zero-order valence-electron chi connectivity index (χ0n) is 16.3. The van der Waals surface area contributed by atoms with Gasteiger partial charge in [-0.25, -0.2) is 8.42 Å². The number of halogens is 3. The molecular weight excluding hydrogens is 405 g/mol. The predicted molar refractivity (Wildman–Crippen MR) is 106 cm³/mol. The van der Waals surface area contributed by atoms with Gasteiger partial charge in [0, 0.05) is 6.54 Å². The lowest BCUT2D eigenvalue weighted by atomic mass is 10.1. The van der Waals surface area contributed by atoms with Crippen LogP contribution in [0.3, 0.4) is 0 Å². The highest BCUT2D eigenvalue weighted by atomic mass is 32.2. The highest BCUT2D eigenvalue weighted by Crippen LogP contribution is 2.29. The van der Waals surface area contributed by atoms with Crippen molar-refractivity contribution < 1.29 is 26.4 Å². The molecule has 2 rings (SSSR count). The van der Waals surface area contributed by atoms with E-state index in [4.69, 9.17) is 0 Å². The SMILES string of the molecule is CCC(C(=O)NCc1cccc(C(F)(F)F)c1)N(c1ccc(C)cc1)S(C)(=O)=O. The second-order valence-electron chi connectivity index (χ2n) is 6.73. The number of nitrogens with zero attached hydrogens (tertiary/aromatic N) is 1. The van der Waals surface area contributed by atoms with E-state index in [2.05, 4.69) is 5.32 Å². The van der Waals surface area contributed by atoms with Crippen LogP contribution in [0.1, 0.15) is 30.0 Å². The number of aryl methyl sites for hydroxylation is 1. The summed E-state index contributed by atoms with van der Waals surface area (Å²) in [6, 6.07) is 10.3. The monoisotopic (exact) mass is 428 g/mol. The zero-order chi connectivity index (χ0) is 21.8. The van der Waals surface area contributed by atoms with E-state index in [-0.39, 0.29) is 18.5 Å². The van der Waals surface area contributed by atoms with Crippen molar-refractivity contribution in [1.82, 2.24) is 5.32 Å². The largest absolute Gasteiger partial charge is 0.416 e. The van der Waals surface area contributed by atoms with E-state index in [0.29, 0.717) is 5.69 Å². The summed E-state index contributed by atoms with van der Waals surface area (Å²) in [5.41, 5.74) is 0.737. The van der Waals surface area contributed by atoms with E-state index in [0.717, 1.165) is 28.3 Å². The number of benzene rings is 2. The van der Waals surface area contributed by atoms with Crippen LogP contribution in [-0.2, 0) is 27.5 Å². The average Bonchev–Trinajstić information content (AvgIpc) is 2.63. The van der Waals surface area contributed by atoms with Crippen LogP contribution in [-0.4, -0.2) is 26.6 Å². The average molecular weight is 428 g/mol. The molecule has 5 nitrogen and oxygen atoms in total. The highest BCUT2D eigenvalue weighted by molar-refractivity contribution is 7.92. The third-order valence-electron chi connectivity index (χ3n) is 4.34. The molecule has 0 saturated heterocycles. The number of anilines is 1. The molecule has 1 N–H and O–H groups in total. The third kappa shape index (κ3) is 5.96. The number of carbonyl (C=O) groups excluding carboxylic acids is 1. The van der Waals surface area contributed by atoms with Gasteiger partial charge < -0.3 is 5.32 Å². The molecule has 158 valence electrons. The Morgan fingerprint density at radius 2 is 1.76 bits per heavy atom. The van der Waals surface area contributed by atoms with Gasteiger partial charge in [0.2, 0.25) is 15.9 Å². The van der Waals surface area contributed by atoms with Crippen LogP contribution >= 0.6 is 0 Å². The molecule has 0 spiro atoms. The highest BCUT2D eigenvalue weighted by Gasteiger charge is 2.32. The van der Waals surface area contributed by atoms with Crippen molar-refractivity contribution in [3.8, 4) is 0 Å². The number of carbonyl (C=O) groups is 1. The van der Waals surface area contributed by atoms with E-state index in [1.807, 2.05) is 6.92 Å². The lowest BCUT2D eigenvalue weighted by Gasteiger charge is -2.30. The van der Waals surface area contributed by atoms with E-state index in [9.17, 15) is 26.4 Å². The molecule has 0 heterocycles. The fourth-order valence-corrected chi connectivity index (χ4v) is 4.13. The molecule has 29 heavy (non-hydrogen) atoms. The summed E-state index contributed by atoms with van der Waals surface area (Å²) >= 11 is 0. The summed E-state index contributed by atoms with van der Waals surface area (Å²) in [4.78, 5) is 12.7. The standard InChI is InChI=1S/C20H23F3N2O3S/c1-4-18(25(29(3,27)28)17-10-8-14(2)9-11-17)19(26)24-13-15-6-5-7-16(12-15)20(21,22)23/h5-12,18H,4,13H2,1-3H3,(H,24,26). The topological polar surface area (TPSA) is 66.5 Å². The van der Waals surface area contributed by atoms with Crippen molar-refractivity contribution in [3.05, 3.63) is 65.2 Å². The van der Waals surface area contributed by atoms with Crippen LogP contribution in [0.25, 0.3) is 0 Å². The summed E-state index contributed by atoms with van der Waals surface area (Å²) in [5, 5.41) is 2.55. The van der Waals surface area contributed by atoms with E-state index >= 15 is 0 Å². The van der Waals surface area contributed by atoms with Gasteiger partial charge in [-0.2, -0.15) is 13.2 Å². The molecule has 9 heteroatoms. The number of hydrogen-bond donors (Lipinski definition) is 1. The number of amides is 1. The summed E-state index contributed by atoms with van der Waals surface area (Å²) in [5.74, 6) is -0.587. The Morgan fingerprint density at radius 1 is 1.14 bits per heavy atom. The van der Waals surface area contributed by atoms with Crippen LogP contribution in [0, 0.1) is 6.92 Å². The molecule has 2 aromatic rings. The van der Waals surface area contributed by atoms with Crippen LogP contribution in [0.5, 0.6) is 0 Å². The number of rotatable bonds is 7. The molecule has 1 amide bonds. The molecule has 0 saturated carbocycles. The van der Waals surface area contributed by atoms with Crippen molar-refractivity contribution >= 4 is 21.6 Å². The lowest BCUT2D eigenvalue weighted by Crippen LogP contribution is -2.49. The number of alkyl halides is 3. The van der Waals surface area contributed by atoms with E-state index < -0.39 is 33.7 Å². The van der Waals surface area contributed by atoms with Crippen molar-refractivity contribution in [2.24, 2.45) is 0 Å². The van der Waals surface area contributed by atoms with Gasteiger partial charge in [-0.3, -0.25) is 9.10 Å². The smallest absolute Gasteiger partial charge is 0.350 e. The van der Waals surface area contributed by atoms with Gasteiger partial charge in [-0.15, -0.1) is 0 Å². The quantitative estimate of drug-likeness (QED) is 0.728. The normalized spacial score (nSPS) is 13.0. The number of sulfonamides is 1. The second-order valence-corrected chi connectivity index (χ2v) is 8.59. The maximum absolute atomic E-state index is 12.8. The van der Waals surface area contributed by atoms with Crippen molar-refractivity contribution in [2.75, 3.05) is 10.6 Å². The van der Waals surface area contributed by atoms with E-state index in [1.165, 1.54) is 12.1 Å². The molecular formula is C20H23F3N2O3S. The Hall–Kier alpha value is -2.55. The van der Waals surface area contributed by atoms with Crippen LogP contribution in [0.2, 0.25) is 0 Å². The van der Waals surface area contributed by atoms with Crippen molar-refractivity contribution in [3.63, 3.8) is 0 Å². The van der Waals surface area contributed by atoms with Crippen LogP contribution in [0.4, 0.5) is 18.9 Å². The third-order valence-corrected chi connectivity index (χ3v) is 5.52. The van der Waals surface area contributed by atoms with Crippen LogP contribution < -0.4 is 9.62 Å².